The van der Waals surface area contributed by atoms with Crippen molar-refractivity contribution in [2.45, 2.75) is 70.6 Å². The van der Waals surface area contributed by atoms with Crippen molar-refractivity contribution in [3.05, 3.63) is 82.7 Å². The van der Waals surface area contributed by atoms with Gasteiger partial charge in [0.25, 0.3) is 0 Å². The van der Waals surface area contributed by atoms with Crippen LogP contribution in [0.25, 0.3) is 0 Å². The molecule has 224 valence electrons. The third kappa shape index (κ3) is 9.73. The van der Waals surface area contributed by atoms with Crippen LogP contribution in [0.5, 0.6) is 0 Å². The van der Waals surface area contributed by atoms with E-state index in [1.807, 2.05) is 45.0 Å². The second-order valence-corrected chi connectivity index (χ2v) is 11.4. The molecule has 1 saturated heterocycles. The van der Waals surface area contributed by atoms with Gasteiger partial charge in [-0.05, 0) is 81.2 Å². The number of carbonyl (C=O) groups is 2. The number of carboxylic acids is 1. The predicted molar refractivity (Wildman–Crippen MR) is 149 cm³/mol. The van der Waals surface area contributed by atoms with Crippen LogP contribution in [0.3, 0.4) is 0 Å². The van der Waals surface area contributed by atoms with Gasteiger partial charge >= 0.3 is 31.1 Å². The van der Waals surface area contributed by atoms with E-state index in [1.165, 1.54) is 0 Å². The summed E-state index contributed by atoms with van der Waals surface area (Å²) < 4.78 is 46.7. The summed E-state index contributed by atoms with van der Waals surface area (Å²) >= 11 is 0. The van der Waals surface area contributed by atoms with Crippen LogP contribution in [0, 0.1) is 0 Å². The van der Waals surface area contributed by atoms with E-state index in [4.69, 9.17) is 4.74 Å². The maximum Gasteiger partial charge on any atom is 1.00 e. The smallest absolute Gasteiger partial charge is 0.550 e. The first-order chi connectivity index (χ1) is 19.8. The van der Waals surface area contributed by atoms with E-state index in [0.29, 0.717) is 29.9 Å². The summed E-state index contributed by atoms with van der Waals surface area (Å²) in [6.45, 7) is 6.71. The number of benzene rings is 2. The molecule has 3 aromatic rings. The number of rotatable bonds is 8. The number of aliphatic carboxylic acids is 1. The van der Waals surface area contributed by atoms with Crippen molar-refractivity contribution in [3.8, 4) is 0 Å². The summed E-state index contributed by atoms with van der Waals surface area (Å²) in [5.41, 5.74) is 1.18. The molecule has 0 atom stereocenters. The van der Waals surface area contributed by atoms with Crippen LogP contribution in [0.2, 0.25) is 0 Å². The maximum absolute atomic E-state index is 13.7. The largest absolute Gasteiger partial charge is 1.00 e. The molecule has 12 heteroatoms. The molecule has 1 aromatic heterocycles. The number of alkyl halides is 3. The molecular formula is C31H34F3LiN4O4. The van der Waals surface area contributed by atoms with Gasteiger partial charge in [0.05, 0.1) is 11.3 Å². The second kappa shape index (κ2) is 14.3. The predicted octanol–water partition coefficient (Wildman–Crippen LogP) is 2.44. The SMILES string of the molecule is CC(C)(C)OC(=O)N1CCC(c2ccc(Nc3ncc(C(F)(F)F)c(CCc4ccccc4CC(=O)[O-])n3)cc2)CC1.[Li+]. The summed E-state index contributed by atoms with van der Waals surface area (Å²) in [7, 11) is 0. The van der Waals surface area contributed by atoms with Crippen LogP contribution < -0.4 is 29.3 Å². The molecule has 43 heavy (non-hydrogen) atoms. The number of nitrogens with one attached hydrogen (secondary N) is 1. The number of hydrogen-bond acceptors (Lipinski definition) is 7. The van der Waals surface area contributed by atoms with Crippen LogP contribution >= 0.6 is 0 Å². The molecule has 4 rings (SSSR count). The number of aryl methyl sites for hydroxylation is 2. The number of anilines is 2. The van der Waals surface area contributed by atoms with Crippen molar-refractivity contribution < 1.29 is 51.5 Å². The van der Waals surface area contributed by atoms with Gasteiger partial charge in [-0.25, -0.2) is 14.8 Å². The number of ether oxygens (including phenoxy) is 1. The Morgan fingerprint density at radius 1 is 1.00 bits per heavy atom. The number of carbonyl (C=O) groups excluding carboxylic acids is 2. The summed E-state index contributed by atoms with van der Waals surface area (Å²) in [6, 6.07) is 14.3. The van der Waals surface area contributed by atoms with E-state index in [9.17, 15) is 27.9 Å². The van der Waals surface area contributed by atoms with Gasteiger partial charge in [0.1, 0.15) is 5.60 Å². The fourth-order valence-corrected chi connectivity index (χ4v) is 4.98. The molecule has 0 bridgehead atoms. The van der Waals surface area contributed by atoms with E-state index >= 15 is 0 Å². The van der Waals surface area contributed by atoms with Crippen LogP contribution in [-0.2, 0) is 35.0 Å². The van der Waals surface area contributed by atoms with Crippen molar-refractivity contribution in [2.24, 2.45) is 0 Å². The molecule has 2 aromatic carbocycles. The van der Waals surface area contributed by atoms with Gasteiger partial charge in [-0.2, -0.15) is 13.2 Å². The third-order valence-corrected chi connectivity index (χ3v) is 7.04. The number of likely N-dealkylation sites (tertiary alicyclic amines) is 1. The molecular weight excluding hydrogens is 556 g/mol. The Morgan fingerprint density at radius 2 is 1.63 bits per heavy atom. The van der Waals surface area contributed by atoms with Crippen LogP contribution in [0.1, 0.15) is 67.5 Å². The standard InChI is InChI=1S/C31H35F3N4O4.Li/c1-30(2,3)42-29(41)38-16-14-22(15-17-38)21-8-11-24(12-9-21)36-28-35-19-25(31(32,33)34)26(37-28)13-10-20-6-4-5-7-23(20)18-27(39)40;/h4-9,11-12,19,22H,10,13-18H2,1-3H3,(H,39,40)(H,35,36,37);/q;+1/p-1. The minimum absolute atomic E-state index is 0. The quantitative estimate of drug-likeness (QED) is 0.402. The van der Waals surface area contributed by atoms with Crippen LogP contribution in [0.4, 0.5) is 29.6 Å². The minimum atomic E-state index is -4.64. The average Bonchev–Trinajstić information content (AvgIpc) is 2.91. The number of piperidine rings is 1. The zero-order valence-electron chi connectivity index (χ0n) is 24.8. The first-order valence-corrected chi connectivity index (χ1v) is 13.8. The Labute approximate surface area is 261 Å². The maximum atomic E-state index is 13.7. The molecule has 1 aliphatic rings. The molecule has 0 saturated carbocycles. The molecule has 0 unspecified atom stereocenters. The number of halogens is 3. The van der Waals surface area contributed by atoms with Crippen molar-refractivity contribution in [2.75, 3.05) is 18.4 Å². The minimum Gasteiger partial charge on any atom is -0.550 e. The fraction of sp³-hybridized carbons (Fsp3) is 0.419. The molecule has 2 heterocycles. The van der Waals surface area contributed by atoms with E-state index in [-0.39, 0.29) is 61.8 Å². The van der Waals surface area contributed by atoms with Crippen molar-refractivity contribution in [3.63, 3.8) is 0 Å². The molecule has 1 N–H and O–H groups in total. The zero-order chi connectivity index (χ0) is 30.5. The van der Waals surface area contributed by atoms with Crippen molar-refractivity contribution in [1.29, 1.82) is 0 Å². The average molecular weight is 591 g/mol. The first-order valence-electron chi connectivity index (χ1n) is 13.8. The Hall–Kier alpha value is -3.55. The van der Waals surface area contributed by atoms with E-state index < -0.39 is 23.3 Å². The number of carboxylic acid groups (broad SMARTS) is 1. The van der Waals surface area contributed by atoms with Gasteiger partial charge in [0, 0.05) is 37.4 Å². The molecule has 0 spiro atoms. The Morgan fingerprint density at radius 3 is 2.21 bits per heavy atom. The van der Waals surface area contributed by atoms with Gasteiger partial charge in [0.15, 0.2) is 0 Å². The van der Waals surface area contributed by atoms with Gasteiger partial charge in [0.2, 0.25) is 5.95 Å². The van der Waals surface area contributed by atoms with E-state index in [0.717, 1.165) is 24.6 Å². The Bertz CT molecular complexity index is 1400. The van der Waals surface area contributed by atoms with Crippen LogP contribution in [-0.4, -0.2) is 45.6 Å². The molecule has 1 fully saturated rings. The summed E-state index contributed by atoms with van der Waals surface area (Å²) in [5, 5.41) is 14.1. The Kier molecular flexibility index (Phi) is 11.3. The molecule has 0 aliphatic carbocycles. The number of nitrogens with zero attached hydrogens (tertiary/aromatic N) is 3. The molecule has 1 amide bonds. The summed E-state index contributed by atoms with van der Waals surface area (Å²) in [4.78, 5) is 33.2. The number of hydrogen-bond donors (Lipinski definition) is 1. The first kappa shape index (κ1) is 33.9. The topological polar surface area (TPSA) is 107 Å². The van der Waals surface area contributed by atoms with Crippen molar-refractivity contribution >= 4 is 23.7 Å². The van der Waals surface area contributed by atoms with Gasteiger partial charge in [-0.15, -0.1) is 0 Å². The normalized spacial score (nSPS) is 14.1. The number of aromatic nitrogens is 2. The monoisotopic (exact) mass is 590 g/mol. The summed E-state index contributed by atoms with van der Waals surface area (Å²) in [5.74, 6) is -0.963. The molecule has 1 aliphatic heterocycles. The van der Waals surface area contributed by atoms with Crippen LogP contribution in [0.15, 0.2) is 54.7 Å². The van der Waals surface area contributed by atoms with Gasteiger partial charge in [-0.1, -0.05) is 36.4 Å². The van der Waals surface area contributed by atoms with Gasteiger partial charge < -0.3 is 24.9 Å². The van der Waals surface area contributed by atoms with E-state index in [2.05, 4.69) is 15.3 Å². The zero-order valence-corrected chi connectivity index (χ0v) is 24.8. The van der Waals surface area contributed by atoms with Gasteiger partial charge in [-0.3, -0.25) is 0 Å². The molecule has 0 radical (unpaired) electrons. The van der Waals surface area contributed by atoms with Crippen molar-refractivity contribution in [1.82, 2.24) is 14.9 Å². The molecule has 8 nitrogen and oxygen atoms in total. The summed E-state index contributed by atoms with van der Waals surface area (Å²) in [6.07, 6.45) is -2.80. The number of amides is 1. The second-order valence-electron chi connectivity index (χ2n) is 11.4. The Balaban J connectivity index is 0.00000506. The van der Waals surface area contributed by atoms with E-state index in [1.54, 1.807) is 29.2 Å². The third-order valence-electron chi connectivity index (χ3n) is 7.04. The fourth-order valence-electron chi connectivity index (χ4n) is 4.98.